The van der Waals surface area contributed by atoms with Gasteiger partial charge in [-0.2, -0.15) is 0 Å². The van der Waals surface area contributed by atoms with Gasteiger partial charge < -0.3 is 33.3 Å². The second-order valence-corrected chi connectivity index (χ2v) is 13.6. The maximum absolute atomic E-state index is 14.4. The Morgan fingerprint density at radius 1 is 0.800 bits per heavy atom. The van der Waals surface area contributed by atoms with Crippen molar-refractivity contribution in [3.63, 3.8) is 0 Å². The normalized spacial score (nSPS) is 18.9. The van der Waals surface area contributed by atoms with Crippen LogP contribution in [0.5, 0.6) is 17.2 Å². The van der Waals surface area contributed by atoms with E-state index < -0.39 is 11.6 Å². The van der Waals surface area contributed by atoms with E-state index in [4.69, 9.17) is 23.9 Å². The van der Waals surface area contributed by atoms with Crippen LogP contribution in [0.1, 0.15) is 37.3 Å². The van der Waals surface area contributed by atoms with Crippen molar-refractivity contribution >= 4 is 17.0 Å². The number of fused-ring (bicyclic) bond motifs is 1. The largest absolute Gasteiger partial charge is 0.493 e. The van der Waals surface area contributed by atoms with E-state index in [1.807, 2.05) is 25.1 Å². The van der Waals surface area contributed by atoms with Crippen molar-refractivity contribution in [3.05, 3.63) is 77.4 Å². The molecule has 3 aromatic carbocycles. The quantitative estimate of drug-likeness (QED) is 0.133. The summed E-state index contributed by atoms with van der Waals surface area (Å²) in [5.74, 6) is 1.26. The summed E-state index contributed by atoms with van der Waals surface area (Å²) in [5, 5.41) is 0. The summed E-state index contributed by atoms with van der Waals surface area (Å²) in [6.07, 6.45) is 3.67. The molecule has 2 aliphatic heterocycles. The first-order valence-corrected chi connectivity index (χ1v) is 17.8. The second kappa shape index (κ2) is 16.4. The maximum Gasteiger partial charge on any atom is 0.206 e. The number of methoxy groups -OCH3 is 3. The highest BCUT2D eigenvalue weighted by Crippen LogP contribution is 2.41. The number of imidazole rings is 1. The molecule has 0 bridgehead atoms. The number of para-hydroxylation sites is 2. The van der Waals surface area contributed by atoms with Gasteiger partial charge >= 0.3 is 0 Å². The summed E-state index contributed by atoms with van der Waals surface area (Å²) in [6, 6.07) is 16.7. The van der Waals surface area contributed by atoms with Gasteiger partial charge in [-0.15, -0.1) is 0 Å². The lowest BCUT2D eigenvalue weighted by Gasteiger charge is -2.33. The minimum absolute atomic E-state index is 0.0792. The van der Waals surface area contributed by atoms with Crippen molar-refractivity contribution < 1.29 is 27.7 Å². The molecule has 0 spiro atoms. The summed E-state index contributed by atoms with van der Waals surface area (Å²) >= 11 is 0. The topological polar surface area (TPSA) is 64.5 Å². The number of hydrogen-bond acceptors (Lipinski definition) is 8. The fraction of sp³-hybridized carbons (Fsp3) is 0.513. The molecule has 1 atom stereocenters. The zero-order valence-electron chi connectivity index (χ0n) is 29.9. The average Bonchev–Trinajstić information content (AvgIpc) is 3.60. The van der Waals surface area contributed by atoms with Crippen molar-refractivity contribution in [2.24, 2.45) is 5.41 Å². The van der Waals surface area contributed by atoms with Crippen LogP contribution in [0.2, 0.25) is 0 Å². The van der Waals surface area contributed by atoms with Gasteiger partial charge in [-0.25, -0.2) is 13.8 Å². The second-order valence-electron chi connectivity index (χ2n) is 13.6. The molecule has 0 radical (unpaired) electrons. The molecular formula is C39H51F2N5O4. The standard InChI is InChI=1S/C39H51F2N5O4/c1-5-50-22-21-46-34-10-7-6-9-33(34)42-38(46)45-16-8-15-43(19-20-45)17-13-39(26-29-11-12-31(40)32(41)23-29)14-18-44(28-39)27-30-24-35(47-2)37(49-4)36(25-30)48-3/h6-7,9-12,23-25H,5,8,13-22,26-28H2,1-4H3. The van der Waals surface area contributed by atoms with Crippen LogP contribution in [0.4, 0.5) is 14.7 Å². The molecule has 1 aromatic heterocycles. The molecule has 2 aliphatic rings. The number of nitrogens with zero attached hydrogens (tertiary/aromatic N) is 5. The van der Waals surface area contributed by atoms with E-state index >= 15 is 0 Å². The number of aromatic nitrogens is 2. The molecule has 3 heterocycles. The van der Waals surface area contributed by atoms with Crippen LogP contribution in [-0.2, 0) is 24.2 Å². The van der Waals surface area contributed by atoms with Gasteiger partial charge in [0.25, 0.3) is 0 Å². The van der Waals surface area contributed by atoms with E-state index in [9.17, 15) is 8.78 Å². The van der Waals surface area contributed by atoms with Crippen LogP contribution in [0.25, 0.3) is 11.0 Å². The zero-order chi connectivity index (χ0) is 35.1. The number of rotatable bonds is 15. The Morgan fingerprint density at radius 2 is 1.60 bits per heavy atom. The number of likely N-dealkylation sites (tertiary alicyclic amines) is 1. The minimum atomic E-state index is -0.807. The lowest BCUT2D eigenvalue weighted by atomic mass is 9.77. The third-order valence-corrected chi connectivity index (χ3v) is 10.3. The highest BCUT2D eigenvalue weighted by Gasteiger charge is 2.39. The van der Waals surface area contributed by atoms with Gasteiger partial charge in [-0.3, -0.25) is 4.90 Å². The predicted molar refractivity (Wildman–Crippen MR) is 193 cm³/mol. The van der Waals surface area contributed by atoms with E-state index in [1.165, 1.54) is 12.1 Å². The first kappa shape index (κ1) is 35.9. The van der Waals surface area contributed by atoms with E-state index in [1.54, 1.807) is 27.4 Å². The van der Waals surface area contributed by atoms with Gasteiger partial charge in [0.05, 0.1) is 39.0 Å². The van der Waals surface area contributed by atoms with Crippen molar-refractivity contribution in [1.82, 2.24) is 19.4 Å². The lowest BCUT2D eigenvalue weighted by molar-refractivity contribution is 0.140. The Hall–Kier alpha value is -3.93. The minimum Gasteiger partial charge on any atom is -0.493 e. The molecule has 50 heavy (non-hydrogen) atoms. The predicted octanol–water partition coefficient (Wildman–Crippen LogP) is 6.41. The molecule has 6 rings (SSSR count). The molecule has 0 aliphatic carbocycles. The van der Waals surface area contributed by atoms with Gasteiger partial charge in [-0.1, -0.05) is 18.2 Å². The Balaban J connectivity index is 1.16. The molecular weight excluding hydrogens is 640 g/mol. The number of anilines is 1. The van der Waals surface area contributed by atoms with Crippen LogP contribution in [0.3, 0.4) is 0 Å². The van der Waals surface area contributed by atoms with Crippen molar-refractivity contribution in [2.45, 2.75) is 45.7 Å². The third kappa shape index (κ3) is 8.16. The highest BCUT2D eigenvalue weighted by atomic mass is 19.2. The van der Waals surface area contributed by atoms with E-state index in [-0.39, 0.29) is 5.41 Å². The molecule has 0 saturated carbocycles. The summed E-state index contributed by atoms with van der Waals surface area (Å²) in [5.41, 5.74) is 3.98. The number of benzene rings is 3. The third-order valence-electron chi connectivity index (χ3n) is 10.3. The van der Waals surface area contributed by atoms with Crippen LogP contribution < -0.4 is 19.1 Å². The van der Waals surface area contributed by atoms with E-state index in [2.05, 4.69) is 37.5 Å². The zero-order valence-corrected chi connectivity index (χ0v) is 29.9. The molecule has 2 fully saturated rings. The maximum atomic E-state index is 14.4. The number of ether oxygens (including phenoxy) is 4. The van der Waals surface area contributed by atoms with Crippen LogP contribution in [-0.4, -0.2) is 99.7 Å². The van der Waals surface area contributed by atoms with Gasteiger partial charge in [0.1, 0.15) is 0 Å². The fourth-order valence-corrected chi connectivity index (χ4v) is 7.78. The first-order valence-electron chi connectivity index (χ1n) is 17.8. The Kier molecular flexibility index (Phi) is 11.8. The summed E-state index contributed by atoms with van der Waals surface area (Å²) in [4.78, 5) is 12.5. The van der Waals surface area contributed by atoms with Crippen LogP contribution in [0, 0.1) is 17.0 Å². The molecule has 1 unspecified atom stereocenters. The Morgan fingerprint density at radius 3 is 2.34 bits per heavy atom. The van der Waals surface area contributed by atoms with Crippen molar-refractivity contribution in [1.29, 1.82) is 0 Å². The monoisotopic (exact) mass is 691 g/mol. The van der Waals surface area contributed by atoms with E-state index in [0.29, 0.717) is 36.9 Å². The molecule has 9 nitrogen and oxygen atoms in total. The van der Waals surface area contributed by atoms with Gasteiger partial charge in [0, 0.05) is 45.9 Å². The lowest BCUT2D eigenvalue weighted by Crippen LogP contribution is -2.37. The summed E-state index contributed by atoms with van der Waals surface area (Å²) < 4.78 is 53.1. The first-order chi connectivity index (χ1) is 24.3. The van der Waals surface area contributed by atoms with Gasteiger partial charge in [0.2, 0.25) is 11.7 Å². The Bertz CT molecular complexity index is 1710. The molecule has 11 heteroatoms. The molecule has 2 saturated heterocycles. The van der Waals surface area contributed by atoms with Crippen molar-refractivity contribution in [3.8, 4) is 17.2 Å². The average molecular weight is 692 g/mol. The van der Waals surface area contributed by atoms with Gasteiger partial charge in [0.15, 0.2) is 23.1 Å². The smallest absolute Gasteiger partial charge is 0.206 e. The molecule has 0 amide bonds. The van der Waals surface area contributed by atoms with Gasteiger partial charge in [-0.05, 0) is 105 Å². The summed E-state index contributed by atoms with van der Waals surface area (Å²) in [6.45, 7) is 11.3. The molecule has 4 aromatic rings. The highest BCUT2D eigenvalue weighted by molar-refractivity contribution is 5.78. The fourth-order valence-electron chi connectivity index (χ4n) is 7.78. The molecule has 0 N–H and O–H groups in total. The van der Waals surface area contributed by atoms with Crippen LogP contribution in [0.15, 0.2) is 54.6 Å². The van der Waals surface area contributed by atoms with Crippen LogP contribution >= 0.6 is 0 Å². The van der Waals surface area contributed by atoms with Crippen molar-refractivity contribution in [2.75, 3.05) is 85.3 Å². The number of hydrogen-bond donors (Lipinski definition) is 0. The Labute approximate surface area is 294 Å². The number of halogens is 2. The summed E-state index contributed by atoms with van der Waals surface area (Å²) in [7, 11) is 4.87. The van der Waals surface area contributed by atoms with E-state index in [0.717, 1.165) is 106 Å². The SMILES string of the molecule is CCOCCn1c(N2CCCN(CCC3(Cc4ccc(F)c(F)c4)CCN(Cc4cc(OC)c(OC)c(OC)c4)C3)CC2)nc2ccccc21. The molecule has 270 valence electrons.